The van der Waals surface area contributed by atoms with Crippen LogP contribution in [0.1, 0.15) is 55.6 Å². The van der Waals surface area contributed by atoms with E-state index in [1.54, 1.807) is 6.07 Å². The molecule has 1 aliphatic rings. The lowest BCUT2D eigenvalue weighted by molar-refractivity contribution is -0.130. The van der Waals surface area contributed by atoms with E-state index in [2.05, 4.69) is 24.1 Å². The molecular weight excluding hydrogens is 268 g/mol. The first-order valence-electron chi connectivity index (χ1n) is 7.36. The van der Waals surface area contributed by atoms with Crippen molar-refractivity contribution in [1.29, 1.82) is 0 Å². The van der Waals surface area contributed by atoms with Gasteiger partial charge in [-0.15, -0.1) is 0 Å². The number of carboxylic acid groups (broad SMARTS) is 1. The third-order valence-corrected chi connectivity index (χ3v) is 4.33. The summed E-state index contributed by atoms with van der Waals surface area (Å²) in [4.78, 5) is 26.9. The molecule has 1 aliphatic carbocycles. The molecule has 5 nitrogen and oxygen atoms in total. The second-order valence-electron chi connectivity index (χ2n) is 6.36. The first-order valence-corrected chi connectivity index (χ1v) is 7.36. The van der Waals surface area contributed by atoms with Crippen LogP contribution in [-0.2, 0) is 11.3 Å². The molecule has 0 saturated heterocycles. The molecule has 1 aromatic heterocycles. The number of aromatic carboxylic acids is 1. The lowest BCUT2D eigenvalue weighted by Gasteiger charge is -2.37. The summed E-state index contributed by atoms with van der Waals surface area (Å²) in [6.07, 6.45) is 5.82. The van der Waals surface area contributed by atoms with Crippen molar-refractivity contribution in [3.63, 3.8) is 0 Å². The topological polar surface area (TPSA) is 79.3 Å². The van der Waals surface area contributed by atoms with Crippen LogP contribution in [0.5, 0.6) is 0 Å². The quantitative estimate of drug-likeness (QED) is 0.893. The molecule has 0 aromatic carbocycles. The van der Waals surface area contributed by atoms with Crippen molar-refractivity contribution in [2.75, 3.05) is 0 Å². The molecule has 1 atom stereocenters. The van der Waals surface area contributed by atoms with Crippen molar-refractivity contribution in [2.45, 2.75) is 46.1 Å². The molecule has 2 N–H and O–H groups in total. The van der Waals surface area contributed by atoms with Gasteiger partial charge in [-0.25, -0.2) is 9.78 Å². The van der Waals surface area contributed by atoms with Crippen molar-refractivity contribution in [1.82, 2.24) is 10.3 Å². The lowest BCUT2D eigenvalue weighted by Crippen LogP contribution is -2.40. The summed E-state index contributed by atoms with van der Waals surface area (Å²) in [5.74, 6) is -0.908. The Kier molecular flexibility index (Phi) is 4.60. The first-order chi connectivity index (χ1) is 9.90. The van der Waals surface area contributed by atoms with Crippen LogP contribution in [0.15, 0.2) is 18.3 Å². The fraction of sp³-hybridized carbons (Fsp3) is 0.562. The predicted molar refractivity (Wildman–Crippen MR) is 78.8 cm³/mol. The highest BCUT2D eigenvalue weighted by Crippen LogP contribution is 2.40. The Balaban J connectivity index is 1.93. The number of amides is 1. The van der Waals surface area contributed by atoms with Gasteiger partial charge >= 0.3 is 5.97 Å². The Morgan fingerprint density at radius 2 is 2.14 bits per heavy atom. The zero-order chi connectivity index (χ0) is 15.5. The van der Waals surface area contributed by atoms with Crippen LogP contribution in [0, 0.1) is 11.3 Å². The highest BCUT2D eigenvalue weighted by molar-refractivity contribution is 5.85. The van der Waals surface area contributed by atoms with Crippen LogP contribution in [0.3, 0.4) is 0 Å². The summed E-state index contributed by atoms with van der Waals surface area (Å²) < 4.78 is 0. The SMILES string of the molecule is CC1(C)CCCCC1C(=O)NCc1ccc(C(=O)O)nc1. The number of carbonyl (C=O) groups is 2. The van der Waals surface area contributed by atoms with Gasteiger partial charge in [-0.2, -0.15) is 0 Å². The molecule has 1 heterocycles. The summed E-state index contributed by atoms with van der Waals surface area (Å²) >= 11 is 0. The summed E-state index contributed by atoms with van der Waals surface area (Å²) in [6, 6.07) is 3.14. The number of carboxylic acids is 1. The molecule has 2 rings (SSSR count). The molecule has 1 aromatic rings. The maximum absolute atomic E-state index is 12.3. The number of carbonyl (C=O) groups excluding carboxylic acids is 1. The Hall–Kier alpha value is -1.91. The number of pyridine rings is 1. The van der Waals surface area contributed by atoms with Crippen molar-refractivity contribution in [2.24, 2.45) is 11.3 Å². The van der Waals surface area contributed by atoms with E-state index in [4.69, 9.17) is 5.11 Å². The second kappa shape index (κ2) is 6.24. The van der Waals surface area contributed by atoms with Crippen LogP contribution in [0.4, 0.5) is 0 Å². The lowest BCUT2D eigenvalue weighted by atomic mass is 9.68. The predicted octanol–water partition coefficient (Wildman–Crippen LogP) is 2.61. The molecule has 114 valence electrons. The van der Waals surface area contributed by atoms with Crippen LogP contribution < -0.4 is 5.32 Å². The fourth-order valence-electron chi connectivity index (χ4n) is 2.95. The first kappa shape index (κ1) is 15.5. The van der Waals surface area contributed by atoms with Gasteiger partial charge in [0.2, 0.25) is 5.91 Å². The van der Waals surface area contributed by atoms with Crippen LogP contribution in [0.2, 0.25) is 0 Å². The standard InChI is InChI=1S/C16H22N2O3/c1-16(2)8-4-3-5-12(16)14(19)18-10-11-6-7-13(15(20)21)17-9-11/h6-7,9,12H,3-5,8,10H2,1-2H3,(H,18,19)(H,20,21). The van der Waals surface area contributed by atoms with Crippen molar-refractivity contribution in [3.05, 3.63) is 29.6 Å². The van der Waals surface area contributed by atoms with E-state index in [1.807, 2.05) is 0 Å². The van der Waals surface area contributed by atoms with E-state index in [-0.39, 0.29) is 22.9 Å². The minimum absolute atomic E-state index is 0.0125. The monoisotopic (exact) mass is 290 g/mol. The maximum Gasteiger partial charge on any atom is 0.354 e. The largest absolute Gasteiger partial charge is 0.477 e. The number of hydrogen-bond donors (Lipinski definition) is 2. The van der Waals surface area contributed by atoms with Crippen LogP contribution in [-0.4, -0.2) is 22.0 Å². The average Bonchev–Trinajstić information content (AvgIpc) is 2.44. The Morgan fingerprint density at radius 1 is 1.38 bits per heavy atom. The fourth-order valence-corrected chi connectivity index (χ4v) is 2.95. The summed E-state index contributed by atoms with van der Waals surface area (Å²) in [5, 5.41) is 11.7. The maximum atomic E-state index is 12.3. The van der Waals surface area contributed by atoms with E-state index in [0.717, 1.165) is 24.8 Å². The summed E-state index contributed by atoms with van der Waals surface area (Å²) in [5.41, 5.74) is 0.869. The van der Waals surface area contributed by atoms with E-state index in [1.165, 1.54) is 18.7 Å². The number of nitrogens with zero attached hydrogens (tertiary/aromatic N) is 1. The second-order valence-corrected chi connectivity index (χ2v) is 6.36. The van der Waals surface area contributed by atoms with Gasteiger partial charge in [-0.05, 0) is 29.9 Å². The summed E-state index contributed by atoms with van der Waals surface area (Å²) in [6.45, 7) is 4.69. The van der Waals surface area contributed by atoms with Gasteiger partial charge in [0, 0.05) is 18.7 Å². The third-order valence-electron chi connectivity index (χ3n) is 4.33. The van der Waals surface area contributed by atoms with Crippen molar-refractivity contribution in [3.8, 4) is 0 Å². The molecule has 0 bridgehead atoms. The molecule has 21 heavy (non-hydrogen) atoms. The smallest absolute Gasteiger partial charge is 0.354 e. The third kappa shape index (κ3) is 3.80. The number of rotatable bonds is 4. The van der Waals surface area contributed by atoms with Gasteiger partial charge in [0.05, 0.1) is 0 Å². The molecule has 1 unspecified atom stereocenters. The van der Waals surface area contributed by atoms with Gasteiger partial charge in [-0.3, -0.25) is 4.79 Å². The van der Waals surface area contributed by atoms with E-state index in [0.29, 0.717) is 6.54 Å². The highest BCUT2D eigenvalue weighted by Gasteiger charge is 2.36. The zero-order valence-electron chi connectivity index (χ0n) is 12.6. The average molecular weight is 290 g/mol. The molecule has 1 fully saturated rings. The molecule has 0 aliphatic heterocycles. The van der Waals surface area contributed by atoms with Crippen LogP contribution in [0.25, 0.3) is 0 Å². The number of aromatic nitrogens is 1. The van der Waals surface area contributed by atoms with Crippen molar-refractivity contribution < 1.29 is 14.7 Å². The molecule has 1 amide bonds. The summed E-state index contributed by atoms with van der Waals surface area (Å²) in [7, 11) is 0. The number of nitrogens with one attached hydrogen (secondary N) is 1. The molecule has 0 radical (unpaired) electrons. The molecule has 0 spiro atoms. The van der Waals surface area contributed by atoms with Gasteiger partial charge < -0.3 is 10.4 Å². The minimum atomic E-state index is -1.05. The molecule has 5 heteroatoms. The highest BCUT2D eigenvalue weighted by atomic mass is 16.4. The normalized spacial score (nSPS) is 20.8. The van der Waals surface area contributed by atoms with Crippen molar-refractivity contribution >= 4 is 11.9 Å². The van der Waals surface area contributed by atoms with Crippen LogP contribution >= 0.6 is 0 Å². The van der Waals surface area contributed by atoms with E-state index >= 15 is 0 Å². The number of hydrogen-bond acceptors (Lipinski definition) is 3. The van der Waals surface area contributed by atoms with E-state index < -0.39 is 5.97 Å². The molecular formula is C16H22N2O3. The van der Waals surface area contributed by atoms with Gasteiger partial charge in [-0.1, -0.05) is 32.8 Å². The Morgan fingerprint density at radius 3 is 2.71 bits per heavy atom. The van der Waals surface area contributed by atoms with Gasteiger partial charge in [0.25, 0.3) is 0 Å². The van der Waals surface area contributed by atoms with E-state index in [9.17, 15) is 9.59 Å². The Bertz CT molecular complexity index is 523. The Labute approximate surface area is 124 Å². The molecule has 1 saturated carbocycles. The minimum Gasteiger partial charge on any atom is -0.477 e. The van der Waals surface area contributed by atoms with Gasteiger partial charge in [0.15, 0.2) is 0 Å². The van der Waals surface area contributed by atoms with Gasteiger partial charge in [0.1, 0.15) is 5.69 Å². The zero-order valence-corrected chi connectivity index (χ0v) is 12.6.